The van der Waals surface area contributed by atoms with E-state index in [1.54, 1.807) is 12.1 Å². The van der Waals surface area contributed by atoms with Gasteiger partial charge in [0.1, 0.15) is 17.4 Å². The van der Waals surface area contributed by atoms with E-state index in [1.807, 2.05) is 0 Å². The number of hydrogen-bond acceptors (Lipinski definition) is 3. The molecule has 1 rings (SSSR count). The highest BCUT2D eigenvalue weighted by molar-refractivity contribution is 6.32. The zero-order valence-corrected chi connectivity index (χ0v) is 10.4. The molecule has 0 saturated carbocycles. The lowest BCUT2D eigenvalue weighted by Gasteiger charge is -2.12. The molecule has 6 heteroatoms. The van der Waals surface area contributed by atoms with Crippen LogP contribution in [-0.2, 0) is 4.79 Å². The number of alkyl halides is 1. The number of nitrogens with one attached hydrogen (secondary N) is 1. The minimum atomic E-state index is -0.332. The Labute approximate surface area is 103 Å². The number of hydrogen-bond donors (Lipinski definition) is 1. The molecule has 1 aromatic rings. The molecule has 1 N–H and O–H groups in total. The largest absolute Gasteiger partial charge is 0.495 e. The van der Waals surface area contributed by atoms with Gasteiger partial charge >= 0.3 is 0 Å². The third-order valence-corrected chi connectivity index (χ3v) is 2.41. The Balaban J connectivity index is 3.08. The zero-order valence-electron chi connectivity index (χ0n) is 8.84. The van der Waals surface area contributed by atoms with Gasteiger partial charge in [0.2, 0.25) is 5.91 Å². The van der Waals surface area contributed by atoms with Gasteiger partial charge in [0, 0.05) is 6.07 Å². The van der Waals surface area contributed by atoms with Gasteiger partial charge in [-0.1, -0.05) is 11.6 Å². The van der Waals surface area contributed by atoms with E-state index >= 15 is 0 Å². The van der Waals surface area contributed by atoms with Crippen molar-refractivity contribution in [3.8, 4) is 11.5 Å². The second kappa shape index (κ2) is 5.82. The molecular formula is C10H11Cl2NO3. The first-order valence-corrected chi connectivity index (χ1v) is 5.31. The number of amides is 1. The first-order valence-electron chi connectivity index (χ1n) is 4.39. The van der Waals surface area contributed by atoms with Gasteiger partial charge in [-0.05, 0) is 6.07 Å². The maximum absolute atomic E-state index is 11.1. The van der Waals surface area contributed by atoms with E-state index in [2.05, 4.69) is 5.32 Å². The van der Waals surface area contributed by atoms with Crippen LogP contribution in [0.2, 0.25) is 5.02 Å². The lowest BCUT2D eigenvalue weighted by Crippen LogP contribution is -2.13. The van der Waals surface area contributed by atoms with Crippen LogP contribution in [0, 0.1) is 0 Å². The molecule has 0 aliphatic heterocycles. The Morgan fingerprint density at radius 2 is 1.94 bits per heavy atom. The first kappa shape index (κ1) is 12.9. The molecule has 0 aliphatic carbocycles. The van der Waals surface area contributed by atoms with Crippen molar-refractivity contribution in [2.24, 2.45) is 0 Å². The fourth-order valence-corrected chi connectivity index (χ4v) is 1.45. The molecule has 0 aromatic heterocycles. The van der Waals surface area contributed by atoms with Crippen molar-refractivity contribution in [3.05, 3.63) is 17.2 Å². The molecule has 1 amide bonds. The summed E-state index contributed by atoms with van der Waals surface area (Å²) in [5.74, 6) is 0.468. The topological polar surface area (TPSA) is 47.6 Å². The van der Waals surface area contributed by atoms with E-state index in [4.69, 9.17) is 32.7 Å². The molecule has 16 heavy (non-hydrogen) atoms. The van der Waals surface area contributed by atoms with Crippen LogP contribution in [0.1, 0.15) is 0 Å². The van der Waals surface area contributed by atoms with Crippen molar-refractivity contribution < 1.29 is 14.3 Å². The van der Waals surface area contributed by atoms with Crippen LogP contribution >= 0.6 is 23.2 Å². The minimum absolute atomic E-state index is 0.132. The summed E-state index contributed by atoms with van der Waals surface area (Å²) in [6.45, 7) is 0. The molecule has 0 unspecified atom stereocenters. The molecule has 1 aromatic carbocycles. The van der Waals surface area contributed by atoms with Gasteiger partial charge in [-0.15, -0.1) is 11.6 Å². The molecule has 0 bridgehead atoms. The molecule has 0 radical (unpaired) electrons. The fraction of sp³-hybridized carbons (Fsp3) is 0.300. The van der Waals surface area contributed by atoms with E-state index in [9.17, 15) is 4.79 Å². The van der Waals surface area contributed by atoms with Crippen LogP contribution in [0.25, 0.3) is 0 Å². The van der Waals surface area contributed by atoms with Crippen LogP contribution in [-0.4, -0.2) is 26.0 Å². The lowest BCUT2D eigenvalue weighted by atomic mass is 10.2. The van der Waals surface area contributed by atoms with Crippen LogP contribution < -0.4 is 14.8 Å². The average molecular weight is 264 g/mol. The average Bonchev–Trinajstić information content (AvgIpc) is 2.29. The second-order valence-corrected chi connectivity index (χ2v) is 3.54. The quantitative estimate of drug-likeness (QED) is 0.850. The SMILES string of the molecule is COc1cc(OC)c(NC(=O)CCl)cc1Cl. The summed E-state index contributed by atoms with van der Waals surface area (Å²) in [5, 5.41) is 2.95. The Morgan fingerprint density at radius 1 is 1.31 bits per heavy atom. The highest BCUT2D eigenvalue weighted by Crippen LogP contribution is 2.35. The number of halogens is 2. The maximum Gasteiger partial charge on any atom is 0.239 e. The van der Waals surface area contributed by atoms with Crippen molar-refractivity contribution in [3.63, 3.8) is 0 Å². The van der Waals surface area contributed by atoms with Crippen LogP contribution in [0.15, 0.2) is 12.1 Å². The number of carbonyl (C=O) groups excluding carboxylic acids is 1. The molecule has 0 saturated heterocycles. The highest BCUT2D eigenvalue weighted by atomic mass is 35.5. The van der Waals surface area contributed by atoms with E-state index in [-0.39, 0.29) is 11.8 Å². The minimum Gasteiger partial charge on any atom is -0.495 e. The van der Waals surface area contributed by atoms with Crippen molar-refractivity contribution in [2.45, 2.75) is 0 Å². The molecule has 0 heterocycles. The molecule has 0 atom stereocenters. The maximum atomic E-state index is 11.1. The van der Waals surface area contributed by atoms with E-state index in [1.165, 1.54) is 14.2 Å². The summed E-state index contributed by atoms with van der Waals surface area (Å²) >= 11 is 11.3. The standard InChI is InChI=1S/C10H11Cl2NO3/c1-15-8-4-9(16-2)7(3-6(8)12)13-10(14)5-11/h3-4H,5H2,1-2H3,(H,13,14). The predicted molar refractivity (Wildman–Crippen MR) is 63.9 cm³/mol. The van der Waals surface area contributed by atoms with Crippen molar-refractivity contribution in [1.82, 2.24) is 0 Å². The van der Waals surface area contributed by atoms with Crippen molar-refractivity contribution >= 4 is 34.8 Å². The smallest absolute Gasteiger partial charge is 0.239 e. The molecule has 0 aliphatic rings. The monoisotopic (exact) mass is 263 g/mol. The van der Waals surface area contributed by atoms with Crippen molar-refractivity contribution in [1.29, 1.82) is 0 Å². The fourth-order valence-electron chi connectivity index (χ4n) is 1.14. The van der Waals surface area contributed by atoms with Crippen LogP contribution in [0.5, 0.6) is 11.5 Å². The van der Waals surface area contributed by atoms with Crippen molar-refractivity contribution in [2.75, 3.05) is 25.4 Å². The summed E-state index contributed by atoms with van der Waals surface area (Å²) in [6, 6.07) is 3.13. The van der Waals surface area contributed by atoms with Gasteiger partial charge in [0.15, 0.2) is 0 Å². The van der Waals surface area contributed by atoms with Gasteiger partial charge in [0.05, 0.1) is 24.9 Å². The summed E-state index contributed by atoms with van der Waals surface area (Å²) < 4.78 is 10.1. The Kier molecular flexibility index (Phi) is 4.71. The van der Waals surface area contributed by atoms with E-state index in [0.29, 0.717) is 22.2 Å². The summed E-state index contributed by atoms with van der Waals surface area (Å²) in [7, 11) is 2.98. The number of benzene rings is 1. The number of rotatable bonds is 4. The second-order valence-electron chi connectivity index (χ2n) is 2.87. The van der Waals surface area contributed by atoms with Crippen LogP contribution in [0.4, 0.5) is 5.69 Å². The Morgan fingerprint density at radius 3 is 2.44 bits per heavy atom. The summed E-state index contributed by atoms with van der Waals surface area (Å²) in [5.41, 5.74) is 0.457. The molecule has 0 fully saturated rings. The third-order valence-electron chi connectivity index (χ3n) is 1.87. The number of methoxy groups -OCH3 is 2. The summed E-state index contributed by atoms with van der Waals surface area (Å²) in [6.07, 6.45) is 0. The van der Waals surface area contributed by atoms with Gasteiger partial charge in [-0.2, -0.15) is 0 Å². The highest BCUT2D eigenvalue weighted by Gasteiger charge is 2.11. The third kappa shape index (κ3) is 2.93. The van der Waals surface area contributed by atoms with Crippen LogP contribution in [0.3, 0.4) is 0 Å². The van der Waals surface area contributed by atoms with Gasteiger partial charge in [-0.25, -0.2) is 0 Å². The number of ether oxygens (including phenoxy) is 2. The normalized spacial score (nSPS) is 9.75. The van der Waals surface area contributed by atoms with Gasteiger partial charge in [-0.3, -0.25) is 4.79 Å². The molecular weight excluding hydrogens is 253 g/mol. The Hall–Kier alpha value is -1.13. The van der Waals surface area contributed by atoms with E-state index < -0.39 is 0 Å². The first-order chi connectivity index (χ1) is 7.62. The summed E-state index contributed by atoms with van der Waals surface area (Å²) in [4.78, 5) is 11.1. The van der Waals surface area contributed by atoms with E-state index in [0.717, 1.165) is 0 Å². The number of anilines is 1. The molecule has 4 nitrogen and oxygen atoms in total. The lowest BCUT2D eigenvalue weighted by molar-refractivity contribution is -0.113. The predicted octanol–water partition coefficient (Wildman–Crippen LogP) is 2.53. The van der Waals surface area contributed by atoms with Gasteiger partial charge < -0.3 is 14.8 Å². The molecule has 0 spiro atoms. The Bertz CT molecular complexity index is 396. The zero-order chi connectivity index (χ0) is 12.1. The number of carbonyl (C=O) groups is 1. The van der Waals surface area contributed by atoms with Gasteiger partial charge in [0.25, 0.3) is 0 Å². The molecule has 88 valence electrons.